The highest BCUT2D eigenvalue weighted by Crippen LogP contribution is 2.25. The largest absolute Gasteiger partial charge is 0.355 e. The van der Waals surface area contributed by atoms with Gasteiger partial charge in [-0.15, -0.1) is 0 Å². The lowest BCUT2D eigenvalue weighted by Crippen LogP contribution is -2.32. The topological polar surface area (TPSA) is 76.1 Å². The molecule has 2 aromatic heterocycles. The van der Waals surface area contributed by atoms with Gasteiger partial charge in [0.15, 0.2) is 0 Å². The van der Waals surface area contributed by atoms with Gasteiger partial charge in [0.1, 0.15) is 5.82 Å². The fourth-order valence-corrected chi connectivity index (χ4v) is 3.86. The first kappa shape index (κ1) is 16.3. The van der Waals surface area contributed by atoms with E-state index in [4.69, 9.17) is 15.8 Å². The zero-order valence-corrected chi connectivity index (χ0v) is 15.2. The highest BCUT2D eigenvalue weighted by molar-refractivity contribution is 5.46. The maximum atomic E-state index is 6.04. The quantitative estimate of drug-likeness (QED) is 0.766. The van der Waals surface area contributed by atoms with Gasteiger partial charge in [-0.2, -0.15) is 10.1 Å². The Morgan fingerprint density at radius 1 is 1.04 bits per heavy atom. The maximum absolute atomic E-state index is 6.04. The van der Waals surface area contributed by atoms with Gasteiger partial charge in [0, 0.05) is 56.6 Å². The Morgan fingerprint density at radius 2 is 1.93 bits per heavy atom. The van der Waals surface area contributed by atoms with Crippen molar-refractivity contribution in [2.45, 2.75) is 25.4 Å². The molecule has 7 nitrogen and oxygen atoms in total. The summed E-state index contributed by atoms with van der Waals surface area (Å²) in [5.74, 6) is 1.75. The molecule has 138 valence electrons. The molecule has 0 saturated carbocycles. The second-order valence-electron chi connectivity index (χ2n) is 7.26. The summed E-state index contributed by atoms with van der Waals surface area (Å²) in [6.07, 6.45) is 5.90. The number of para-hydroxylation sites is 1. The second-order valence-corrected chi connectivity index (χ2v) is 7.26. The third-order valence-corrected chi connectivity index (χ3v) is 5.34. The van der Waals surface area contributed by atoms with E-state index in [-0.39, 0.29) is 6.04 Å². The van der Waals surface area contributed by atoms with Crippen LogP contribution in [-0.4, -0.2) is 45.4 Å². The molecule has 1 saturated heterocycles. The zero-order chi connectivity index (χ0) is 18.2. The fraction of sp³-hybridized carbons (Fsp3) is 0.350. The van der Waals surface area contributed by atoms with E-state index in [2.05, 4.69) is 33.1 Å². The zero-order valence-electron chi connectivity index (χ0n) is 15.2. The molecular formula is C20H23N7. The van der Waals surface area contributed by atoms with Crippen molar-refractivity contribution in [1.29, 1.82) is 0 Å². The molecule has 0 radical (unpaired) electrons. The number of fused-ring (bicyclic) bond motifs is 1. The summed E-state index contributed by atoms with van der Waals surface area (Å²) >= 11 is 0. The third-order valence-electron chi connectivity index (χ3n) is 5.34. The van der Waals surface area contributed by atoms with Crippen molar-refractivity contribution in [3.05, 3.63) is 60.0 Å². The van der Waals surface area contributed by atoms with Crippen LogP contribution in [0.5, 0.6) is 0 Å². The monoisotopic (exact) mass is 361 g/mol. The molecule has 1 aromatic carbocycles. The molecule has 1 unspecified atom stereocenters. The summed E-state index contributed by atoms with van der Waals surface area (Å²) in [6.45, 7) is 3.49. The van der Waals surface area contributed by atoms with E-state index < -0.39 is 0 Å². The van der Waals surface area contributed by atoms with Gasteiger partial charge < -0.3 is 15.5 Å². The Bertz CT molecular complexity index is 937. The van der Waals surface area contributed by atoms with Gasteiger partial charge in [-0.05, 0) is 24.6 Å². The van der Waals surface area contributed by atoms with Crippen molar-refractivity contribution < 1.29 is 0 Å². The first-order valence-corrected chi connectivity index (χ1v) is 9.47. The van der Waals surface area contributed by atoms with Gasteiger partial charge in [0.25, 0.3) is 0 Å². The van der Waals surface area contributed by atoms with Crippen LogP contribution in [0.25, 0.3) is 5.69 Å². The highest BCUT2D eigenvalue weighted by Gasteiger charge is 2.24. The molecular weight excluding hydrogens is 338 g/mol. The van der Waals surface area contributed by atoms with Crippen molar-refractivity contribution in [2.75, 3.05) is 29.4 Å². The lowest BCUT2D eigenvalue weighted by atomic mass is 10.1. The molecule has 27 heavy (non-hydrogen) atoms. The maximum Gasteiger partial charge on any atom is 0.227 e. The second kappa shape index (κ2) is 6.66. The standard InChI is InChI=1S/C20H23N7/c21-16-7-10-25(14-16)19-6-9-22-20(23-19)26-11-8-18-15(12-26)13-27(24-18)17-4-2-1-3-5-17/h1-6,9,13,16H,7-8,10-12,14,21H2. The van der Waals surface area contributed by atoms with Gasteiger partial charge in [-0.25, -0.2) is 9.67 Å². The van der Waals surface area contributed by atoms with Crippen LogP contribution < -0.4 is 15.5 Å². The molecule has 0 bridgehead atoms. The molecule has 2 aliphatic heterocycles. The van der Waals surface area contributed by atoms with Crippen LogP contribution in [0.3, 0.4) is 0 Å². The number of nitrogens with two attached hydrogens (primary N) is 1. The number of hydrogen-bond donors (Lipinski definition) is 1. The van der Waals surface area contributed by atoms with Crippen LogP contribution in [0, 0.1) is 0 Å². The van der Waals surface area contributed by atoms with Crippen molar-refractivity contribution >= 4 is 11.8 Å². The number of aromatic nitrogens is 4. The number of hydrogen-bond acceptors (Lipinski definition) is 6. The Hall–Kier alpha value is -2.93. The van der Waals surface area contributed by atoms with Crippen molar-refractivity contribution in [1.82, 2.24) is 19.7 Å². The van der Waals surface area contributed by atoms with E-state index in [0.717, 1.165) is 62.2 Å². The van der Waals surface area contributed by atoms with Gasteiger partial charge in [0.2, 0.25) is 5.95 Å². The van der Waals surface area contributed by atoms with Gasteiger partial charge in [0.05, 0.1) is 11.4 Å². The molecule has 0 amide bonds. The molecule has 0 spiro atoms. The van der Waals surface area contributed by atoms with E-state index in [1.807, 2.05) is 35.1 Å². The van der Waals surface area contributed by atoms with E-state index >= 15 is 0 Å². The summed E-state index contributed by atoms with van der Waals surface area (Å²) in [4.78, 5) is 13.8. The Kier molecular flexibility index (Phi) is 4.01. The lowest BCUT2D eigenvalue weighted by Gasteiger charge is -2.27. The summed E-state index contributed by atoms with van der Waals surface area (Å²) in [7, 11) is 0. The molecule has 1 atom stereocenters. The van der Waals surface area contributed by atoms with Gasteiger partial charge in [-0.1, -0.05) is 18.2 Å². The number of nitrogens with zero attached hydrogens (tertiary/aromatic N) is 6. The SMILES string of the molecule is NC1CCN(c2ccnc(N3CCc4nn(-c5ccccc5)cc4C3)n2)C1. The Morgan fingerprint density at radius 3 is 2.74 bits per heavy atom. The number of rotatable bonds is 3. The third kappa shape index (κ3) is 3.14. The van der Waals surface area contributed by atoms with E-state index in [0.29, 0.717) is 0 Å². The lowest BCUT2D eigenvalue weighted by molar-refractivity contribution is 0.693. The van der Waals surface area contributed by atoms with Crippen LogP contribution >= 0.6 is 0 Å². The summed E-state index contributed by atoms with van der Waals surface area (Å²) in [5.41, 5.74) is 9.53. The predicted octanol–water partition coefficient (Wildman–Crippen LogP) is 1.76. The summed E-state index contributed by atoms with van der Waals surface area (Å²) in [5, 5.41) is 4.77. The first-order valence-electron chi connectivity index (χ1n) is 9.47. The van der Waals surface area contributed by atoms with Gasteiger partial charge in [-0.3, -0.25) is 0 Å². The average molecular weight is 361 g/mol. The van der Waals surface area contributed by atoms with Crippen LogP contribution in [0.1, 0.15) is 17.7 Å². The van der Waals surface area contributed by atoms with Crippen LogP contribution in [0.15, 0.2) is 48.8 Å². The molecule has 5 rings (SSSR count). The smallest absolute Gasteiger partial charge is 0.227 e. The number of benzene rings is 1. The molecule has 2 aliphatic rings. The van der Waals surface area contributed by atoms with Crippen molar-refractivity contribution in [2.24, 2.45) is 5.73 Å². The van der Waals surface area contributed by atoms with E-state index in [1.54, 1.807) is 0 Å². The predicted molar refractivity (Wildman–Crippen MR) is 105 cm³/mol. The fourth-order valence-electron chi connectivity index (χ4n) is 3.86. The van der Waals surface area contributed by atoms with E-state index in [9.17, 15) is 0 Å². The van der Waals surface area contributed by atoms with Crippen LogP contribution in [-0.2, 0) is 13.0 Å². The minimum absolute atomic E-state index is 0.241. The molecule has 0 aliphatic carbocycles. The minimum Gasteiger partial charge on any atom is -0.355 e. The first-order chi connectivity index (χ1) is 13.3. The molecule has 2 N–H and O–H groups in total. The highest BCUT2D eigenvalue weighted by atomic mass is 15.3. The molecule has 4 heterocycles. The van der Waals surface area contributed by atoms with Crippen LogP contribution in [0.4, 0.5) is 11.8 Å². The van der Waals surface area contributed by atoms with Crippen LogP contribution in [0.2, 0.25) is 0 Å². The van der Waals surface area contributed by atoms with Gasteiger partial charge >= 0.3 is 0 Å². The molecule has 1 fully saturated rings. The Balaban J connectivity index is 1.37. The van der Waals surface area contributed by atoms with Crippen molar-refractivity contribution in [3.63, 3.8) is 0 Å². The minimum atomic E-state index is 0.241. The number of anilines is 2. The normalized spacial score (nSPS) is 19.4. The molecule has 3 aromatic rings. The average Bonchev–Trinajstić information content (AvgIpc) is 3.34. The molecule has 7 heteroatoms. The van der Waals surface area contributed by atoms with E-state index in [1.165, 1.54) is 5.56 Å². The van der Waals surface area contributed by atoms with Crippen molar-refractivity contribution in [3.8, 4) is 5.69 Å². The summed E-state index contributed by atoms with van der Waals surface area (Å²) < 4.78 is 1.97. The Labute approximate surface area is 158 Å². The summed E-state index contributed by atoms with van der Waals surface area (Å²) in [6, 6.07) is 12.5.